The van der Waals surface area contributed by atoms with Gasteiger partial charge in [0.2, 0.25) is 11.8 Å². The number of nitrogens with zero attached hydrogens (tertiary/aromatic N) is 1. The summed E-state index contributed by atoms with van der Waals surface area (Å²) in [7, 11) is 0. The van der Waals surface area contributed by atoms with Gasteiger partial charge in [-0.1, -0.05) is 25.0 Å². The van der Waals surface area contributed by atoms with Crippen LogP contribution in [0.25, 0.3) is 0 Å². The summed E-state index contributed by atoms with van der Waals surface area (Å²) in [5.41, 5.74) is 0.112. The molecule has 1 aliphatic rings. The SMILES string of the molecule is O=C(CC(=O)N1CCCCCC1)Nc1ccccc1F. The molecule has 0 bridgehead atoms. The Bertz CT molecular complexity index is 483. The highest BCUT2D eigenvalue weighted by Gasteiger charge is 2.18. The van der Waals surface area contributed by atoms with Crippen LogP contribution in [0.1, 0.15) is 32.1 Å². The average Bonchev–Trinajstić information content (AvgIpc) is 2.70. The van der Waals surface area contributed by atoms with Crippen molar-refractivity contribution in [1.29, 1.82) is 0 Å². The van der Waals surface area contributed by atoms with Gasteiger partial charge < -0.3 is 10.2 Å². The molecule has 1 N–H and O–H groups in total. The molecule has 1 aliphatic heterocycles. The molecule has 0 spiro atoms. The number of likely N-dealkylation sites (tertiary alicyclic amines) is 1. The minimum atomic E-state index is -0.497. The number of hydrogen-bond donors (Lipinski definition) is 1. The quantitative estimate of drug-likeness (QED) is 0.864. The predicted molar refractivity (Wildman–Crippen MR) is 74.7 cm³/mol. The van der Waals surface area contributed by atoms with Gasteiger partial charge in [-0.05, 0) is 25.0 Å². The molecule has 0 radical (unpaired) electrons. The molecule has 0 unspecified atom stereocenters. The summed E-state index contributed by atoms with van der Waals surface area (Å²) in [6.07, 6.45) is 4.01. The van der Waals surface area contributed by atoms with Gasteiger partial charge in [-0.15, -0.1) is 0 Å². The zero-order valence-corrected chi connectivity index (χ0v) is 11.4. The van der Waals surface area contributed by atoms with Crippen LogP contribution in [0.2, 0.25) is 0 Å². The third kappa shape index (κ3) is 4.05. The number of amides is 2. The second-order valence-corrected chi connectivity index (χ2v) is 5.00. The highest BCUT2D eigenvalue weighted by molar-refractivity contribution is 6.03. The minimum absolute atomic E-state index is 0.112. The minimum Gasteiger partial charge on any atom is -0.342 e. The van der Waals surface area contributed by atoms with E-state index in [1.807, 2.05) is 0 Å². The largest absolute Gasteiger partial charge is 0.342 e. The van der Waals surface area contributed by atoms with E-state index in [1.165, 1.54) is 12.1 Å². The maximum Gasteiger partial charge on any atom is 0.233 e. The maximum absolute atomic E-state index is 13.4. The Morgan fingerprint density at radius 2 is 1.75 bits per heavy atom. The predicted octanol–water partition coefficient (Wildman–Crippen LogP) is 2.56. The number of benzene rings is 1. The number of anilines is 1. The standard InChI is InChI=1S/C15H19FN2O2/c16-12-7-3-4-8-13(12)17-14(19)11-15(20)18-9-5-1-2-6-10-18/h3-4,7-8H,1-2,5-6,9-11H2,(H,17,19). The summed E-state index contributed by atoms with van der Waals surface area (Å²) in [6.45, 7) is 1.43. The van der Waals surface area contributed by atoms with Crippen molar-refractivity contribution in [2.75, 3.05) is 18.4 Å². The number of hydrogen-bond acceptors (Lipinski definition) is 2. The summed E-state index contributed by atoms with van der Waals surface area (Å²) in [6, 6.07) is 5.93. The maximum atomic E-state index is 13.4. The topological polar surface area (TPSA) is 49.4 Å². The Hall–Kier alpha value is -1.91. The number of carbonyl (C=O) groups is 2. The first-order valence-corrected chi connectivity index (χ1v) is 6.99. The van der Waals surface area contributed by atoms with Crippen LogP contribution >= 0.6 is 0 Å². The van der Waals surface area contributed by atoms with Crippen molar-refractivity contribution >= 4 is 17.5 Å². The third-order valence-corrected chi connectivity index (χ3v) is 3.42. The Morgan fingerprint density at radius 3 is 2.40 bits per heavy atom. The molecule has 108 valence electrons. The lowest BCUT2D eigenvalue weighted by molar-refractivity contribution is -0.134. The first kappa shape index (κ1) is 14.5. The molecule has 1 saturated heterocycles. The molecule has 5 heteroatoms. The van der Waals surface area contributed by atoms with Gasteiger partial charge in [0.05, 0.1) is 5.69 Å². The fourth-order valence-corrected chi connectivity index (χ4v) is 2.33. The fraction of sp³-hybridized carbons (Fsp3) is 0.467. The fourth-order valence-electron chi connectivity index (χ4n) is 2.33. The van der Waals surface area contributed by atoms with Crippen molar-refractivity contribution in [2.45, 2.75) is 32.1 Å². The van der Waals surface area contributed by atoms with Gasteiger partial charge in [-0.2, -0.15) is 0 Å². The lowest BCUT2D eigenvalue weighted by atomic mass is 10.2. The van der Waals surface area contributed by atoms with Crippen LogP contribution in [-0.4, -0.2) is 29.8 Å². The molecule has 0 atom stereocenters. The average molecular weight is 278 g/mol. The number of carbonyl (C=O) groups excluding carboxylic acids is 2. The van der Waals surface area contributed by atoms with E-state index in [2.05, 4.69) is 5.32 Å². The van der Waals surface area contributed by atoms with E-state index < -0.39 is 11.7 Å². The first-order chi connectivity index (χ1) is 9.66. The summed E-state index contributed by atoms with van der Waals surface area (Å²) in [5.74, 6) is -1.15. The molecule has 2 rings (SSSR count). The van der Waals surface area contributed by atoms with Gasteiger partial charge in [0, 0.05) is 13.1 Å². The van der Waals surface area contributed by atoms with Crippen molar-refractivity contribution in [1.82, 2.24) is 4.90 Å². The molecule has 1 aromatic carbocycles. The van der Waals surface area contributed by atoms with Crippen LogP contribution in [0.3, 0.4) is 0 Å². The van der Waals surface area contributed by atoms with Crippen molar-refractivity contribution in [3.05, 3.63) is 30.1 Å². The Morgan fingerprint density at radius 1 is 1.10 bits per heavy atom. The Kier molecular flexibility index (Phi) is 5.09. The number of rotatable bonds is 3. The lowest BCUT2D eigenvalue weighted by Crippen LogP contribution is -2.34. The van der Waals surface area contributed by atoms with Gasteiger partial charge >= 0.3 is 0 Å². The summed E-state index contributed by atoms with van der Waals surface area (Å²) in [4.78, 5) is 25.5. The zero-order valence-electron chi connectivity index (χ0n) is 11.4. The van der Waals surface area contributed by atoms with Gasteiger partial charge in [0.15, 0.2) is 0 Å². The molecule has 20 heavy (non-hydrogen) atoms. The molecule has 1 fully saturated rings. The van der Waals surface area contributed by atoms with Gasteiger partial charge in [-0.25, -0.2) is 4.39 Å². The summed E-state index contributed by atoms with van der Waals surface area (Å²) in [5, 5.41) is 2.43. The number of nitrogens with one attached hydrogen (secondary N) is 1. The highest BCUT2D eigenvalue weighted by atomic mass is 19.1. The highest BCUT2D eigenvalue weighted by Crippen LogP contribution is 2.14. The molecule has 0 aromatic heterocycles. The molecule has 0 saturated carbocycles. The smallest absolute Gasteiger partial charge is 0.233 e. The van der Waals surface area contributed by atoms with Crippen LogP contribution in [-0.2, 0) is 9.59 Å². The summed E-state index contributed by atoms with van der Waals surface area (Å²) >= 11 is 0. The monoisotopic (exact) mass is 278 g/mol. The zero-order chi connectivity index (χ0) is 14.4. The Balaban J connectivity index is 1.87. The van der Waals surface area contributed by atoms with Crippen molar-refractivity contribution in [3.8, 4) is 0 Å². The van der Waals surface area contributed by atoms with Crippen LogP contribution in [0.4, 0.5) is 10.1 Å². The van der Waals surface area contributed by atoms with E-state index in [1.54, 1.807) is 17.0 Å². The van der Waals surface area contributed by atoms with Gasteiger partial charge in [0.25, 0.3) is 0 Å². The number of para-hydroxylation sites is 1. The molecular formula is C15H19FN2O2. The van der Waals surface area contributed by atoms with Crippen molar-refractivity contribution < 1.29 is 14.0 Å². The van der Waals surface area contributed by atoms with E-state index >= 15 is 0 Å². The molecule has 4 nitrogen and oxygen atoms in total. The second kappa shape index (κ2) is 7.03. The lowest BCUT2D eigenvalue weighted by Gasteiger charge is -2.19. The first-order valence-electron chi connectivity index (χ1n) is 6.99. The number of halogens is 1. The van der Waals surface area contributed by atoms with E-state index in [0.717, 1.165) is 25.7 Å². The van der Waals surface area contributed by atoms with Crippen LogP contribution in [0.5, 0.6) is 0 Å². The Labute approximate surface area is 118 Å². The molecule has 0 aliphatic carbocycles. The summed E-state index contributed by atoms with van der Waals surface area (Å²) < 4.78 is 13.4. The van der Waals surface area contributed by atoms with Gasteiger partial charge in [0.1, 0.15) is 12.2 Å². The van der Waals surface area contributed by atoms with Crippen LogP contribution < -0.4 is 5.32 Å². The van der Waals surface area contributed by atoms with Crippen molar-refractivity contribution in [3.63, 3.8) is 0 Å². The van der Waals surface area contributed by atoms with Crippen LogP contribution in [0, 0.1) is 5.82 Å². The molecule has 1 heterocycles. The van der Waals surface area contributed by atoms with Crippen LogP contribution in [0.15, 0.2) is 24.3 Å². The molecule has 1 aromatic rings. The second-order valence-electron chi connectivity index (χ2n) is 5.00. The molecular weight excluding hydrogens is 259 g/mol. The normalized spacial score (nSPS) is 15.6. The molecule has 2 amide bonds. The van der Waals surface area contributed by atoms with E-state index in [9.17, 15) is 14.0 Å². The van der Waals surface area contributed by atoms with E-state index in [0.29, 0.717) is 13.1 Å². The van der Waals surface area contributed by atoms with Crippen molar-refractivity contribution in [2.24, 2.45) is 0 Å². The third-order valence-electron chi connectivity index (χ3n) is 3.42. The van der Waals surface area contributed by atoms with Gasteiger partial charge in [-0.3, -0.25) is 9.59 Å². The van der Waals surface area contributed by atoms with E-state index in [-0.39, 0.29) is 18.0 Å². The van der Waals surface area contributed by atoms with E-state index in [4.69, 9.17) is 0 Å².